The average molecular weight is 248 g/mol. The summed E-state index contributed by atoms with van der Waals surface area (Å²) < 4.78 is 24.4. The molecule has 0 fully saturated rings. The van der Waals surface area contributed by atoms with Gasteiger partial charge < -0.3 is 0 Å². The molecule has 0 aliphatic carbocycles. The van der Waals surface area contributed by atoms with Gasteiger partial charge in [0.15, 0.2) is 0 Å². The molecule has 1 aromatic carbocycles. The summed E-state index contributed by atoms with van der Waals surface area (Å²) in [6, 6.07) is 6.00. The molecule has 0 aliphatic rings. The molecule has 0 spiro atoms. The van der Waals surface area contributed by atoms with Crippen LogP contribution in [0.4, 0.5) is 4.39 Å². The molecule has 5 heteroatoms. The minimum absolute atomic E-state index is 0.109. The van der Waals surface area contributed by atoms with Gasteiger partial charge in [0.05, 0.1) is 0 Å². The van der Waals surface area contributed by atoms with Crippen molar-refractivity contribution in [3.63, 3.8) is 0 Å². The standard InChI is InChI=1S/C11H18FO3P/c1-4-14-16(3,13,15-5-2)11-9-7-6-8-10(11)12/h6-9,13H,4-5H2,1-3H3. The number of rotatable bonds is 5. The van der Waals surface area contributed by atoms with E-state index in [0.717, 1.165) is 0 Å². The van der Waals surface area contributed by atoms with Crippen molar-refractivity contribution in [3.8, 4) is 0 Å². The molecular weight excluding hydrogens is 230 g/mol. The van der Waals surface area contributed by atoms with Gasteiger partial charge in [0, 0.05) is 0 Å². The predicted molar refractivity (Wildman–Crippen MR) is 64.3 cm³/mol. The zero-order valence-corrected chi connectivity index (χ0v) is 10.7. The van der Waals surface area contributed by atoms with E-state index in [2.05, 4.69) is 0 Å². The van der Waals surface area contributed by atoms with Crippen LogP contribution >= 0.6 is 7.28 Å². The Morgan fingerprint density at radius 1 is 1.19 bits per heavy atom. The molecule has 0 amide bonds. The van der Waals surface area contributed by atoms with E-state index in [9.17, 15) is 9.28 Å². The molecule has 1 N–H and O–H groups in total. The molecule has 1 rings (SSSR count). The summed E-state index contributed by atoms with van der Waals surface area (Å²) in [7, 11) is -4.02. The van der Waals surface area contributed by atoms with Gasteiger partial charge in [-0.25, -0.2) is 0 Å². The molecular formula is C11H18FO3P. The van der Waals surface area contributed by atoms with Crippen LogP contribution in [0.15, 0.2) is 24.3 Å². The molecule has 1 aromatic rings. The van der Waals surface area contributed by atoms with Crippen molar-refractivity contribution in [2.24, 2.45) is 0 Å². The Hall–Kier alpha value is -0.540. The number of benzene rings is 1. The number of halogens is 1. The van der Waals surface area contributed by atoms with E-state index < -0.39 is 13.1 Å². The van der Waals surface area contributed by atoms with Crippen LogP contribution in [0.3, 0.4) is 0 Å². The summed E-state index contributed by atoms with van der Waals surface area (Å²) in [6.45, 7) is 5.44. The Morgan fingerprint density at radius 3 is 2.12 bits per heavy atom. The third-order valence-corrected chi connectivity index (χ3v) is 5.45. The van der Waals surface area contributed by atoms with Crippen LogP contribution in [-0.2, 0) is 9.05 Å². The molecule has 0 saturated heterocycles. The van der Waals surface area contributed by atoms with Crippen LogP contribution in [0.2, 0.25) is 0 Å². The molecule has 0 bridgehead atoms. The normalized spacial score (nSPS) is 14.4. The minimum atomic E-state index is -4.02. The van der Waals surface area contributed by atoms with Crippen LogP contribution in [0.25, 0.3) is 0 Å². The number of hydrogen-bond acceptors (Lipinski definition) is 3. The van der Waals surface area contributed by atoms with Crippen molar-refractivity contribution in [1.29, 1.82) is 0 Å². The van der Waals surface area contributed by atoms with Gasteiger partial charge in [-0.15, -0.1) is 0 Å². The second-order valence-electron chi connectivity index (χ2n) is 3.60. The van der Waals surface area contributed by atoms with E-state index in [1.165, 1.54) is 18.8 Å². The summed E-state index contributed by atoms with van der Waals surface area (Å²) in [5, 5.41) is 0.109. The molecule has 0 unspecified atom stereocenters. The monoisotopic (exact) mass is 248 g/mol. The van der Waals surface area contributed by atoms with Crippen molar-refractivity contribution in [3.05, 3.63) is 30.1 Å². The molecule has 0 radical (unpaired) electrons. The van der Waals surface area contributed by atoms with E-state index in [4.69, 9.17) is 9.05 Å². The van der Waals surface area contributed by atoms with Gasteiger partial charge in [-0.3, -0.25) is 0 Å². The third kappa shape index (κ3) is 2.58. The molecule has 0 aliphatic heterocycles. The van der Waals surface area contributed by atoms with E-state index in [0.29, 0.717) is 0 Å². The van der Waals surface area contributed by atoms with Crippen LogP contribution in [0, 0.1) is 5.82 Å². The summed E-state index contributed by atoms with van der Waals surface area (Å²) in [6.07, 6.45) is 0. The van der Waals surface area contributed by atoms with Crippen LogP contribution < -0.4 is 5.30 Å². The van der Waals surface area contributed by atoms with Gasteiger partial charge in [0.25, 0.3) is 0 Å². The van der Waals surface area contributed by atoms with Gasteiger partial charge in [-0.2, -0.15) is 0 Å². The van der Waals surface area contributed by atoms with Crippen molar-refractivity contribution in [2.75, 3.05) is 19.9 Å². The van der Waals surface area contributed by atoms with Crippen molar-refractivity contribution in [2.45, 2.75) is 13.8 Å². The maximum absolute atomic E-state index is 13.7. The molecule has 92 valence electrons. The zero-order valence-electron chi connectivity index (χ0n) is 9.81. The van der Waals surface area contributed by atoms with Crippen molar-refractivity contribution >= 4 is 12.6 Å². The fourth-order valence-corrected chi connectivity index (χ4v) is 4.20. The van der Waals surface area contributed by atoms with Crippen molar-refractivity contribution in [1.82, 2.24) is 0 Å². The first-order chi connectivity index (χ1) is 7.43. The predicted octanol–water partition coefficient (Wildman–Crippen LogP) is 2.44. The van der Waals surface area contributed by atoms with Crippen LogP contribution in [-0.4, -0.2) is 24.8 Å². The fourth-order valence-electron chi connectivity index (χ4n) is 1.65. The summed E-state index contributed by atoms with van der Waals surface area (Å²) in [5.41, 5.74) is 0. The quantitative estimate of drug-likeness (QED) is 0.813. The Morgan fingerprint density at radius 2 is 1.69 bits per heavy atom. The van der Waals surface area contributed by atoms with Gasteiger partial charge in [0.1, 0.15) is 0 Å². The fraction of sp³-hybridized carbons (Fsp3) is 0.455. The molecule has 0 aromatic heterocycles. The van der Waals surface area contributed by atoms with Crippen LogP contribution in [0.5, 0.6) is 0 Å². The van der Waals surface area contributed by atoms with Crippen molar-refractivity contribution < 1.29 is 18.3 Å². The Labute approximate surface area is 95.4 Å². The summed E-state index contributed by atoms with van der Waals surface area (Å²) in [4.78, 5) is 10.6. The van der Waals surface area contributed by atoms with E-state index in [1.807, 2.05) is 0 Å². The SMILES string of the molecule is CCOP(C)(O)(OCC)c1ccccc1F. The van der Waals surface area contributed by atoms with E-state index >= 15 is 0 Å². The van der Waals surface area contributed by atoms with Gasteiger partial charge in [-0.1, -0.05) is 0 Å². The Bertz CT molecular complexity index is 358. The molecule has 16 heavy (non-hydrogen) atoms. The van der Waals surface area contributed by atoms with Gasteiger partial charge in [0.2, 0.25) is 0 Å². The summed E-state index contributed by atoms with van der Waals surface area (Å²) >= 11 is 0. The summed E-state index contributed by atoms with van der Waals surface area (Å²) in [5.74, 6) is -0.507. The zero-order chi connectivity index (χ0) is 12.3. The molecule has 0 heterocycles. The Kier molecular flexibility index (Phi) is 4.02. The molecule has 0 atom stereocenters. The second kappa shape index (κ2) is 4.76. The average Bonchev–Trinajstić information content (AvgIpc) is 2.18. The number of hydrogen-bond donors (Lipinski definition) is 1. The van der Waals surface area contributed by atoms with E-state index in [-0.39, 0.29) is 18.5 Å². The van der Waals surface area contributed by atoms with Gasteiger partial charge >= 0.3 is 94.7 Å². The van der Waals surface area contributed by atoms with Gasteiger partial charge in [-0.05, 0) is 0 Å². The first kappa shape index (κ1) is 13.5. The third-order valence-electron chi connectivity index (χ3n) is 2.26. The first-order valence-corrected chi connectivity index (χ1v) is 7.72. The molecule has 0 saturated carbocycles. The van der Waals surface area contributed by atoms with E-state index in [1.54, 1.807) is 26.0 Å². The Balaban J connectivity index is 3.26. The maximum atomic E-state index is 13.7. The topological polar surface area (TPSA) is 38.7 Å². The molecule has 3 nitrogen and oxygen atoms in total. The second-order valence-corrected chi connectivity index (χ2v) is 7.21. The van der Waals surface area contributed by atoms with Crippen LogP contribution in [0.1, 0.15) is 13.8 Å². The first-order valence-electron chi connectivity index (χ1n) is 5.24.